The van der Waals surface area contributed by atoms with Crippen LogP contribution < -0.4 is 15.6 Å². The average molecular weight is 501 g/mol. The number of carboxylic acids is 2. The van der Waals surface area contributed by atoms with Gasteiger partial charge in [0.25, 0.3) is 0 Å². The first-order valence-electron chi connectivity index (χ1n) is 12.8. The third-order valence-electron chi connectivity index (χ3n) is 7.96. The third kappa shape index (κ3) is 4.97. The van der Waals surface area contributed by atoms with Gasteiger partial charge in [-0.3, -0.25) is 19.8 Å². The summed E-state index contributed by atoms with van der Waals surface area (Å²) < 4.78 is 17.0. The number of halogens is 1. The molecule has 5 rings (SSSR count). The first-order chi connectivity index (χ1) is 17.3. The lowest BCUT2D eigenvalue weighted by atomic mass is 9.79. The minimum atomic E-state index is -1.30. The standard InChI is InChI=1S/C26H33FN4O5/c27-20-12-18-21(31(17-4-5-17)15-19(24(18)34)25(35)36)13-22(20)30-10-8-29(9-11-30)16-28-26(14-23(32)33)6-2-1-3-7-26/h12-13,15,17,28H,1-11,14,16H2,(H,32,33)(H,35,36). The van der Waals surface area contributed by atoms with E-state index < -0.39 is 23.2 Å². The summed E-state index contributed by atoms with van der Waals surface area (Å²) in [6.07, 6.45) is 8.28. The van der Waals surface area contributed by atoms with Crippen LogP contribution in [0.4, 0.5) is 10.1 Å². The summed E-state index contributed by atoms with van der Waals surface area (Å²) in [5.41, 5.74) is -0.356. The lowest BCUT2D eigenvalue weighted by Gasteiger charge is -2.41. The summed E-state index contributed by atoms with van der Waals surface area (Å²) in [6, 6.07) is 3.00. The molecule has 1 aromatic carbocycles. The Morgan fingerprint density at radius 1 is 1.06 bits per heavy atom. The van der Waals surface area contributed by atoms with Gasteiger partial charge < -0.3 is 19.7 Å². The van der Waals surface area contributed by atoms with Crippen LogP contribution in [0.1, 0.15) is 67.8 Å². The topological polar surface area (TPSA) is 115 Å². The molecule has 2 saturated carbocycles. The van der Waals surface area contributed by atoms with Crippen molar-refractivity contribution in [2.45, 2.75) is 62.9 Å². The van der Waals surface area contributed by atoms with Crippen molar-refractivity contribution in [1.29, 1.82) is 0 Å². The van der Waals surface area contributed by atoms with E-state index in [2.05, 4.69) is 10.2 Å². The van der Waals surface area contributed by atoms with Gasteiger partial charge in [0.05, 0.1) is 17.6 Å². The van der Waals surface area contributed by atoms with Crippen LogP contribution in [0, 0.1) is 5.82 Å². The number of piperazine rings is 1. The van der Waals surface area contributed by atoms with Crippen molar-refractivity contribution in [3.63, 3.8) is 0 Å². The number of benzene rings is 1. The summed E-state index contributed by atoms with van der Waals surface area (Å²) in [6.45, 7) is 3.18. The van der Waals surface area contributed by atoms with Crippen molar-refractivity contribution in [3.05, 3.63) is 39.9 Å². The normalized spacial score (nSPS) is 20.5. The average Bonchev–Trinajstić information content (AvgIpc) is 3.69. The number of aromatic nitrogens is 1. The number of pyridine rings is 1. The fraction of sp³-hybridized carbons (Fsp3) is 0.577. The van der Waals surface area contributed by atoms with Gasteiger partial charge in [0.1, 0.15) is 11.4 Å². The van der Waals surface area contributed by atoms with E-state index in [1.54, 1.807) is 6.07 Å². The number of carbonyl (C=O) groups is 2. The quantitative estimate of drug-likeness (QED) is 0.507. The second-order valence-electron chi connectivity index (χ2n) is 10.5. The molecule has 1 saturated heterocycles. The number of hydrogen-bond donors (Lipinski definition) is 3. The molecular formula is C26H33FN4O5. The maximum Gasteiger partial charge on any atom is 0.341 e. The van der Waals surface area contributed by atoms with Gasteiger partial charge in [0, 0.05) is 56.0 Å². The molecule has 0 amide bonds. The third-order valence-corrected chi connectivity index (χ3v) is 7.96. The Morgan fingerprint density at radius 3 is 2.36 bits per heavy atom. The summed E-state index contributed by atoms with van der Waals surface area (Å²) in [4.78, 5) is 39.9. The Kier molecular flexibility index (Phi) is 6.74. The predicted molar refractivity (Wildman–Crippen MR) is 133 cm³/mol. The van der Waals surface area contributed by atoms with E-state index in [-0.39, 0.29) is 29.0 Å². The molecular weight excluding hydrogens is 467 g/mol. The Bertz CT molecular complexity index is 1230. The van der Waals surface area contributed by atoms with E-state index in [9.17, 15) is 24.6 Å². The molecule has 0 spiro atoms. The van der Waals surface area contributed by atoms with Crippen LogP contribution >= 0.6 is 0 Å². The van der Waals surface area contributed by atoms with Gasteiger partial charge in [-0.1, -0.05) is 19.3 Å². The van der Waals surface area contributed by atoms with E-state index in [1.807, 2.05) is 9.47 Å². The van der Waals surface area contributed by atoms with Crippen LogP contribution in [0.3, 0.4) is 0 Å². The van der Waals surface area contributed by atoms with Crippen molar-refractivity contribution in [3.8, 4) is 0 Å². The Morgan fingerprint density at radius 2 is 1.75 bits per heavy atom. The molecule has 0 atom stereocenters. The molecule has 9 nitrogen and oxygen atoms in total. The minimum Gasteiger partial charge on any atom is -0.481 e. The number of rotatable bonds is 8. The second-order valence-corrected chi connectivity index (χ2v) is 10.5. The van der Waals surface area contributed by atoms with Gasteiger partial charge in [0.15, 0.2) is 0 Å². The van der Waals surface area contributed by atoms with Crippen molar-refractivity contribution < 1.29 is 24.2 Å². The largest absolute Gasteiger partial charge is 0.481 e. The number of aromatic carboxylic acids is 1. The first-order valence-corrected chi connectivity index (χ1v) is 12.8. The molecule has 2 aromatic rings. The summed E-state index contributed by atoms with van der Waals surface area (Å²) in [5.74, 6) is -2.61. The molecule has 10 heteroatoms. The van der Waals surface area contributed by atoms with Gasteiger partial charge >= 0.3 is 11.9 Å². The SMILES string of the molecule is O=C(O)CC1(NCN2CCN(c3cc4c(cc3F)c(=O)c(C(=O)O)cn4C3CC3)CC2)CCCCC1. The number of aliphatic carboxylic acids is 1. The molecule has 3 N–H and O–H groups in total. The molecule has 36 heavy (non-hydrogen) atoms. The van der Waals surface area contributed by atoms with Crippen molar-refractivity contribution >= 4 is 28.5 Å². The Labute approximate surface area is 208 Å². The fourth-order valence-electron chi connectivity index (χ4n) is 5.77. The molecule has 2 aliphatic carbocycles. The number of carboxylic acid groups (broad SMARTS) is 2. The maximum atomic E-state index is 15.2. The summed E-state index contributed by atoms with van der Waals surface area (Å²) in [5, 5.41) is 22.5. The van der Waals surface area contributed by atoms with Crippen LogP contribution in [-0.4, -0.2) is 70.0 Å². The van der Waals surface area contributed by atoms with Gasteiger partial charge in [-0.05, 0) is 37.8 Å². The fourth-order valence-corrected chi connectivity index (χ4v) is 5.77. The highest BCUT2D eigenvalue weighted by Crippen LogP contribution is 2.38. The molecule has 0 bridgehead atoms. The zero-order valence-electron chi connectivity index (χ0n) is 20.3. The monoisotopic (exact) mass is 500 g/mol. The van der Waals surface area contributed by atoms with Gasteiger partial charge in [0.2, 0.25) is 5.43 Å². The zero-order valence-corrected chi connectivity index (χ0v) is 20.3. The van der Waals surface area contributed by atoms with Crippen molar-refractivity contribution in [2.24, 2.45) is 0 Å². The van der Waals surface area contributed by atoms with Crippen molar-refractivity contribution in [1.82, 2.24) is 14.8 Å². The van der Waals surface area contributed by atoms with E-state index >= 15 is 4.39 Å². The van der Waals surface area contributed by atoms with E-state index in [0.29, 0.717) is 44.1 Å². The second kappa shape index (κ2) is 9.82. The molecule has 3 aliphatic rings. The van der Waals surface area contributed by atoms with E-state index in [0.717, 1.165) is 44.9 Å². The molecule has 1 aromatic heterocycles. The maximum absolute atomic E-state index is 15.2. The van der Waals surface area contributed by atoms with Crippen LogP contribution in [0.15, 0.2) is 23.1 Å². The molecule has 1 aliphatic heterocycles. The highest BCUT2D eigenvalue weighted by Gasteiger charge is 2.35. The molecule has 3 fully saturated rings. The van der Waals surface area contributed by atoms with Gasteiger partial charge in [-0.25, -0.2) is 9.18 Å². The molecule has 2 heterocycles. The van der Waals surface area contributed by atoms with E-state index in [1.165, 1.54) is 12.3 Å². The highest BCUT2D eigenvalue weighted by molar-refractivity contribution is 5.93. The number of hydrogen-bond acceptors (Lipinski definition) is 6. The summed E-state index contributed by atoms with van der Waals surface area (Å²) >= 11 is 0. The predicted octanol–water partition coefficient (Wildman–Crippen LogP) is 3.02. The Hall–Kier alpha value is -2.98. The van der Waals surface area contributed by atoms with Crippen LogP contribution in [-0.2, 0) is 4.79 Å². The van der Waals surface area contributed by atoms with Gasteiger partial charge in [-0.2, -0.15) is 0 Å². The smallest absolute Gasteiger partial charge is 0.341 e. The Balaban J connectivity index is 1.31. The van der Waals surface area contributed by atoms with Crippen LogP contribution in [0.25, 0.3) is 10.9 Å². The number of anilines is 1. The molecule has 194 valence electrons. The van der Waals surface area contributed by atoms with E-state index in [4.69, 9.17) is 0 Å². The zero-order chi connectivity index (χ0) is 25.4. The first kappa shape index (κ1) is 24.7. The lowest BCUT2D eigenvalue weighted by molar-refractivity contribution is -0.139. The number of fused-ring (bicyclic) bond motifs is 1. The lowest BCUT2D eigenvalue weighted by Crippen LogP contribution is -2.55. The van der Waals surface area contributed by atoms with Crippen LogP contribution in [0.2, 0.25) is 0 Å². The highest BCUT2D eigenvalue weighted by atomic mass is 19.1. The van der Waals surface area contributed by atoms with Crippen LogP contribution in [0.5, 0.6) is 0 Å². The summed E-state index contributed by atoms with van der Waals surface area (Å²) in [7, 11) is 0. The molecule has 0 unspecified atom stereocenters. The number of nitrogens with zero attached hydrogens (tertiary/aromatic N) is 3. The van der Waals surface area contributed by atoms with Crippen molar-refractivity contribution in [2.75, 3.05) is 37.7 Å². The minimum absolute atomic E-state index is 0.0992. The number of nitrogens with one attached hydrogen (secondary N) is 1. The molecule has 0 radical (unpaired) electrons. The van der Waals surface area contributed by atoms with Gasteiger partial charge in [-0.15, -0.1) is 0 Å².